The van der Waals surface area contributed by atoms with Gasteiger partial charge >= 0.3 is 0 Å². The van der Waals surface area contributed by atoms with E-state index in [4.69, 9.17) is 4.42 Å². The summed E-state index contributed by atoms with van der Waals surface area (Å²) in [6.45, 7) is 3.23. The molecule has 2 amide bonds. The lowest BCUT2D eigenvalue weighted by Crippen LogP contribution is -2.30. The van der Waals surface area contributed by atoms with Gasteiger partial charge in [-0.1, -0.05) is 49.4 Å². The fraction of sp³-hybridized carbons (Fsp3) is 0.250. The molecule has 150 valence electrons. The molecule has 3 aromatic rings. The Morgan fingerprint density at radius 1 is 0.897 bits per heavy atom. The lowest BCUT2D eigenvalue weighted by Gasteiger charge is -2.22. The molecule has 5 heteroatoms. The summed E-state index contributed by atoms with van der Waals surface area (Å²) in [4.78, 5) is 28.7. The zero-order valence-electron chi connectivity index (χ0n) is 16.9. The molecule has 5 nitrogen and oxygen atoms in total. The highest BCUT2D eigenvalue weighted by Gasteiger charge is 2.20. The monoisotopic (exact) mass is 390 g/mol. The maximum absolute atomic E-state index is 13.0. The second-order valence-corrected chi connectivity index (χ2v) is 7.01. The number of anilines is 1. The number of likely N-dealkylation sites (N-methyl/N-ethyl adjacent to an activating group) is 1. The fourth-order valence-electron chi connectivity index (χ4n) is 3.14. The first-order valence-electron chi connectivity index (χ1n) is 9.80. The molecule has 0 radical (unpaired) electrons. The van der Waals surface area contributed by atoms with Gasteiger partial charge in [-0.3, -0.25) is 9.59 Å². The molecule has 0 N–H and O–H groups in total. The van der Waals surface area contributed by atoms with Crippen molar-refractivity contribution in [3.63, 3.8) is 0 Å². The number of carbonyl (C=O) groups is 2. The Balaban J connectivity index is 1.80. The summed E-state index contributed by atoms with van der Waals surface area (Å²) < 4.78 is 5.32. The number of amides is 2. The van der Waals surface area contributed by atoms with Gasteiger partial charge in [0, 0.05) is 19.3 Å². The summed E-state index contributed by atoms with van der Waals surface area (Å²) in [6.07, 6.45) is 2.78. The minimum Gasteiger partial charge on any atom is -0.459 e. The number of benzene rings is 2. The van der Waals surface area contributed by atoms with Crippen molar-refractivity contribution in [1.82, 2.24) is 4.90 Å². The van der Waals surface area contributed by atoms with Crippen LogP contribution < -0.4 is 4.90 Å². The predicted octanol–water partition coefficient (Wildman–Crippen LogP) is 4.54. The van der Waals surface area contributed by atoms with Gasteiger partial charge in [0.25, 0.3) is 5.91 Å². The Morgan fingerprint density at radius 2 is 1.62 bits per heavy atom. The molecule has 1 heterocycles. The maximum atomic E-state index is 13.0. The number of carbonyl (C=O) groups excluding carboxylic acids is 2. The molecule has 0 atom stereocenters. The molecule has 0 fully saturated rings. The standard InChI is InChI=1S/C24H26N2O3/c1-3-15-25(2)23(27)17-19-11-13-21(14-12-19)26(18-20-8-5-4-6-9-20)24(28)22-10-7-16-29-22/h4-14,16H,3,15,17-18H2,1-2H3. The average Bonchev–Trinajstić information content (AvgIpc) is 3.28. The summed E-state index contributed by atoms with van der Waals surface area (Å²) in [5.74, 6) is 0.180. The highest BCUT2D eigenvalue weighted by atomic mass is 16.3. The van der Waals surface area contributed by atoms with Crippen molar-refractivity contribution < 1.29 is 14.0 Å². The SMILES string of the molecule is CCCN(C)C(=O)Cc1ccc(N(Cc2ccccc2)C(=O)c2ccco2)cc1. The molecule has 0 aliphatic heterocycles. The summed E-state index contributed by atoms with van der Waals surface area (Å²) in [6, 6.07) is 20.8. The molecular weight excluding hydrogens is 364 g/mol. The molecule has 29 heavy (non-hydrogen) atoms. The molecule has 0 unspecified atom stereocenters. The number of hydrogen-bond acceptors (Lipinski definition) is 3. The van der Waals surface area contributed by atoms with E-state index in [2.05, 4.69) is 6.92 Å². The second-order valence-electron chi connectivity index (χ2n) is 7.01. The van der Waals surface area contributed by atoms with Crippen molar-refractivity contribution in [2.24, 2.45) is 0 Å². The Hall–Kier alpha value is -3.34. The van der Waals surface area contributed by atoms with E-state index in [9.17, 15) is 9.59 Å². The van der Waals surface area contributed by atoms with Crippen LogP contribution in [0.15, 0.2) is 77.4 Å². The molecule has 0 saturated carbocycles. The van der Waals surface area contributed by atoms with Crippen molar-refractivity contribution in [1.29, 1.82) is 0 Å². The van der Waals surface area contributed by atoms with E-state index in [1.165, 1.54) is 6.26 Å². The number of nitrogens with zero attached hydrogens (tertiary/aromatic N) is 2. The van der Waals surface area contributed by atoms with E-state index in [-0.39, 0.29) is 11.8 Å². The van der Waals surface area contributed by atoms with Gasteiger partial charge in [-0.2, -0.15) is 0 Å². The average molecular weight is 390 g/mol. The Bertz CT molecular complexity index is 919. The van der Waals surface area contributed by atoms with E-state index in [1.54, 1.807) is 21.9 Å². The predicted molar refractivity (Wildman–Crippen MR) is 114 cm³/mol. The van der Waals surface area contributed by atoms with Crippen molar-refractivity contribution >= 4 is 17.5 Å². The fourth-order valence-corrected chi connectivity index (χ4v) is 3.14. The first-order chi connectivity index (χ1) is 14.1. The van der Waals surface area contributed by atoms with Gasteiger partial charge in [-0.25, -0.2) is 0 Å². The Kier molecular flexibility index (Phi) is 6.85. The minimum absolute atomic E-state index is 0.0902. The first-order valence-corrected chi connectivity index (χ1v) is 9.80. The van der Waals surface area contributed by atoms with Gasteiger partial charge < -0.3 is 14.2 Å². The molecule has 0 aliphatic rings. The van der Waals surface area contributed by atoms with E-state index in [1.807, 2.05) is 61.6 Å². The maximum Gasteiger partial charge on any atom is 0.294 e. The van der Waals surface area contributed by atoms with Crippen LogP contribution in [0.25, 0.3) is 0 Å². The van der Waals surface area contributed by atoms with E-state index >= 15 is 0 Å². The second kappa shape index (κ2) is 9.73. The molecule has 0 bridgehead atoms. The van der Waals surface area contributed by atoms with Crippen LogP contribution in [-0.4, -0.2) is 30.3 Å². The van der Waals surface area contributed by atoms with E-state index < -0.39 is 0 Å². The molecule has 1 aromatic heterocycles. The lowest BCUT2D eigenvalue weighted by molar-refractivity contribution is -0.129. The smallest absolute Gasteiger partial charge is 0.294 e. The summed E-state index contributed by atoms with van der Waals surface area (Å²) in [5.41, 5.74) is 2.70. The Labute approximate surface area is 171 Å². The number of hydrogen-bond donors (Lipinski definition) is 0. The quantitative estimate of drug-likeness (QED) is 0.567. The molecule has 2 aromatic carbocycles. The van der Waals surface area contributed by atoms with E-state index in [0.29, 0.717) is 18.7 Å². The van der Waals surface area contributed by atoms with Crippen LogP contribution in [0.1, 0.15) is 35.0 Å². The van der Waals surface area contributed by atoms with Crippen molar-refractivity contribution in [3.8, 4) is 0 Å². The van der Waals surface area contributed by atoms with Crippen molar-refractivity contribution in [2.75, 3.05) is 18.5 Å². The highest BCUT2D eigenvalue weighted by Crippen LogP contribution is 2.22. The van der Waals surface area contributed by atoms with Gasteiger partial charge in [0.2, 0.25) is 5.91 Å². The van der Waals surface area contributed by atoms with Crippen LogP contribution in [0.4, 0.5) is 5.69 Å². The minimum atomic E-state index is -0.203. The molecular formula is C24H26N2O3. The van der Waals surface area contributed by atoms with Gasteiger partial charge in [0.15, 0.2) is 5.76 Å². The highest BCUT2D eigenvalue weighted by molar-refractivity contribution is 6.04. The third-order valence-corrected chi connectivity index (χ3v) is 4.75. The third kappa shape index (κ3) is 5.35. The molecule has 0 aliphatic carbocycles. The van der Waals surface area contributed by atoms with Crippen LogP contribution in [0.2, 0.25) is 0 Å². The zero-order valence-corrected chi connectivity index (χ0v) is 16.9. The molecule has 0 saturated heterocycles. The first kappa shape index (κ1) is 20.4. The van der Waals surface area contributed by atoms with Crippen molar-refractivity contribution in [3.05, 3.63) is 89.9 Å². The van der Waals surface area contributed by atoms with Gasteiger partial charge in [0.1, 0.15) is 0 Å². The summed E-state index contributed by atoms with van der Waals surface area (Å²) in [7, 11) is 1.82. The lowest BCUT2D eigenvalue weighted by atomic mass is 10.1. The van der Waals surface area contributed by atoms with Crippen LogP contribution >= 0.6 is 0 Å². The summed E-state index contributed by atoms with van der Waals surface area (Å²) >= 11 is 0. The van der Waals surface area contributed by atoms with Crippen LogP contribution in [-0.2, 0) is 17.8 Å². The van der Waals surface area contributed by atoms with Crippen LogP contribution in [0.5, 0.6) is 0 Å². The topological polar surface area (TPSA) is 53.8 Å². The van der Waals surface area contributed by atoms with E-state index in [0.717, 1.165) is 29.8 Å². The van der Waals surface area contributed by atoms with Crippen LogP contribution in [0, 0.1) is 0 Å². The summed E-state index contributed by atoms with van der Waals surface area (Å²) in [5, 5.41) is 0. The zero-order chi connectivity index (χ0) is 20.6. The van der Waals surface area contributed by atoms with Gasteiger partial charge in [-0.05, 0) is 41.8 Å². The number of rotatable bonds is 8. The van der Waals surface area contributed by atoms with Gasteiger partial charge in [0.05, 0.1) is 19.2 Å². The Morgan fingerprint density at radius 3 is 2.24 bits per heavy atom. The largest absolute Gasteiger partial charge is 0.459 e. The molecule has 3 rings (SSSR count). The third-order valence-electron chi connectivity index (χ3n) is 4.75. The number of furan rings is 1. The van der Waals surface area contributed by atoms with Crippen molar-refractivity contribution in [2.45, 2.75) is 26.3 Å². The molecule has 0 spiro atoms. The normalized spacial score (nSPS) is 10.6. The van der Waals surface area contributed by atoms with Gasteiger partial charge in [-0.15, -0.1) is 0 Å². The van der Waals surface area contributed by atoms with Crippen LogP contribution in [0.3, 0.4) is 0 Å².